The Balaban J connectivity index is 1.88. The molecule has 0 aliphatic carbocycles. The molecular formula is C15H24N4O. The van der Waals surface area contributed by atoms with Crippen molar-refractivity contribution in [3.8, 4) is 0 Å². The van der Waals surface area contributed by atoms with Crippen molar-refractivity contribution in [2.75, 3.05) is 45.1 Å². The van der Waals surface area contributed by atoms with Gasteiger partial charge in [0.1, 0.15) is 0 Å². The first-order valence-corrected chi connectivity index (χ1v) is 7.07. The number of nitrogens with zero attached hydrogens (tertiary/aromatic N) is 2. The molecule has 1 aromatic carbocycles. The topological polar surface area (TPSA) is 61.6 Å². The number of likely N-dealkylation sites (N-methyl/N-ethyl adjacent to an activating group) is 1. The smallest absolute Gasteiger partial charge is 0.238 e. The van der Waals surface area contributed by atoms with E-state index in [1.807, 2.05) is 31.2 Å². The summed E-state index contributed by atoms with van der Waals surface area (Å²) in [6.07, 6.45) is 0. The average Bonchev–Trinajstić information content (AvgIpc) is 2.43. The lowest BCUT2D eigenvalue weighted by Crippen LogP contribution is -2.56. The molecule has 20 heavy (non-hydrogen) atoms. The quantitative estimate of drug-likeness (QED) is 0.841. The van der Waals surface area contributed by atoms with Gasteiger partial charge in [-0.3, -0.25) is 9.69 Å². The normalized spacial score (nSPS) is 20.9. The highest BCUT2D eigenvalue weighted by Crippen LogP contribution is 2.10. The van der Waals surface area contributed by atoms with Crippen molar-refractivity contribution in [3.63, 3.8) is 0 Å². The molecule has 110 valence electrons. The largest absolute Gasteiger partial charge is 0.329 e. The number of piperazine rings is 1. The SMILES string of the molecule is Cc1ccc(NC(=O)CN2CCN(C)CC2CN)cc1. The minimum absolute atomic E-state index is 0.0249. The Kier molecular flexibility index (Phi) is 5.11. The Morgan fingerprint density at radius 2 is 2.05 bits per heavy atom. The number of anilines is 1. The highest BCUT2D eigenvalue weighted by atomic mass is 16.2. The van der Waals surface area contributed by atoms with Gasteiger partial charge in [-0.15, -0.1) is 0 Å². The van der Waals surface area contributed by atoms with Gasteiger partial charge >= 0.3 is 0 Å². The molecule has 0 spiro atoms. The van der Waals surface area contributed by atoms with Crippen molar-refractivity contribution < 1.29 is 4.79 Å². The number of carbonyl (C=O) groups is 1. The van der Waals surface area contributed by atoms with Gasteiger partial charge in [0, 0.05) is 37.9 Å². The van der Waals surface area contributed by atoms with Crippen LogP contribution in [0.15, 0.2) is 24.3 Å². The molecule has 1 heterocycles. The van der Waals surface area contributed by atoms with Gasteiger partial charge in [0.15, 0.2) is 0 Å². The summed E-state index contributed by atoms with van der Waals surface area (Å²) in [6.45, 7) is 5.82. The van der Waals surface area contributed by atoms with Crippen LogP contribution >= 0.6 is 0 Å². The van der Waals surface area contributed by atoms with E-state index in [-0.39, 0.29) is 11.9 Å². The predicted molar refractivity (Wildman–Crippen MR) is 81.7 cm³/mol. The monoisotopic (exact) mass is 276 g/mol. The highest BCUT2D eigenvalue weighted by molar-refractivity contribution is 5.92. The van der Waals surface area contributed by atoms with Crippen LogP contribution in [-0.4, -0.2) is 61.5 Å². The van der Waals surface area contributed by atoms with Crippen molar-refractivity contribution >= 4 is 11.6 Å². The number of nitrogens with one attached hydrogen (secondary N) is 1. The van der Waals surface area contributed by atoms with Gasteiger partial charge in [0.05, 0.1) is 6.54 Å². The molecule has 1 aliphatic heterocycles. The van der Waals surface area contributed by atoms with Gasteiger partial charge in [-0.2, -0.15) is 0 Å². The van der Waals surface area contributed by atoms with E-state index in [4.69, 9.17) is 5.73 Å². The zero-order valence-corrected chi connectivity index (χ0v) is 12.3. The molecule has 1 atom stereocenters. The molecule has 0 aromatic heterocycles. The molecule has 3 N–H and O–H groups in total. The fourth-order valence-electron chi connectivity index (χ4n) is 2.50. The summed E-state index contributed by atoms with van der Waals surface area (Å²) in [5.74, 6) is 0.0249. The molecule has 0 saturated carbocycles. The van der Waals surface area contributed by atoms with Crippen LogP contribution in [0.1, 0.15) is 5.56 Å². The molecule has 1 fully saturated rings. The van der Waals surface area contributed by atoms with E-state index in [0.29, 0.717) is 13.1 Å². The molecular weight excluding hydrogens is 252 g/mol. The van der Waals surface area contributed by atoms with Gasteiger partial charge in [0.2, 0.25) is 5.91 Å². The van der Waals surface area contributed by atoms with Gasteiger partial charge in [-0.25, -0.2) is 0 Å². The molecule has 1 unspecified atom stereocenters. The summed E-state index contributed by atoms with van der Waals surface area (Å²) >= 11 is 0. The van der Waals surface area contributed by atoms with Crippen molar-refractivity contribution in [1.29, 1.82) is 0 Å². The third-order valence-corrected chi connectivity index (χ3v) is 3.76. The fraction of sp³-hybridized carbons (Fsp3) is 0.533. The third-order valence-electron chi connectivity index (χ3n) is 3.76. The zero-order valence-electron chi connectivity index (χ0n) is 12.3. The Hall–Kier alpha value is -1.43. The molecule has 1 aromatic rings. The highest BCUT2D eigenvalue weighted by Gasteiger charge is 2.25. The zero-order chi connectivity index (χ0) is 14.5. The van der Waals surface area contributed by atoms with E-state index in [2.05, 4.69) is 22.2 Å². The maximum absolute atomic E-state index is 12.1. The second kappa shape index (κ2) is 6.83. The van der Waals surface area contributed by atoms with E-state index in [1.54, 1.807) is 0 Å². The Morgan fingerprint density at radius 1 is 1.35 bits per heavy atom. The van der Waals surface area contributed by atoms with E-state index in [9.17, 15) is 4.79 Å². The van der Waals surface area contributed by atoms with Crippen LogP contribution in [0.2, 0.25) is 0 Å². The number of hydrogen-bond acceptors (Lipinski definition) is 4. The molecule has 1 amide bonds. The third kappa shape index (κ3) is 4.03. The number of aryl methyl sites for hydroxylation is 1. The lowest BCUT2D eigenvalue weighted by atomic mass is 10.1. The molecule has 0 radical (unpaired) electrons. The lowest BCUT2D eigenvalue weighted by Gasteiger charge is -2.39. The van der Waals surface area contributed by atoms with E-state index in [0.717, 1.165) is 25.3 Å². The molecule has 1 saturated heterocycles. The molecule has 1 aliphatic rings. The second-order valence-corrected chi connectivity index (χ2v) is 5.54. The first-order valence-electron chi connectivity index (χ1n) is 7.07. The fourth-order valence-corrected chi connectivity index (χ4v) is 2.50. The van der Waals surface area contributed by atoms with Gasteiger partial charge in [0.25, 0.3) is 0 Å². The predicted octanol–water partition coefficient (Wildman–Crippen LogP) is 0.508. The van der Waals surface area contributed by atoms with Gasteiger partial charge in [-0.05, 0) is 26.1 Å². The standard InChI is InChI=1S/C15H24N4O/c1-12-3-5-13(6-4-12)17-15(20)11-19-8-7-18(2)10-14(19)9-16/h3-6,14H,7-11,16H2,1-2H3,(H,17,20). The van der Waals surface area contributed by atoms with Crippen LogP contribution in [0.25, 0.3) is 0 Å². The van der Waals surface area contributed by atoms with Crippen LogP contribution in [-0.2, 0) is 4.79 Å². The minimum atomic E-state index is 0.0249. The number of nitrogens with two attached hydrogens (primary N) is 1. The van der Waals surface area contributed by atoms with E-state index in [1.165, 1.54) is 5.56 Å². The molecule has 2 rings (SSSR count). The summed E-state index contributed by atoms with van der Waals surface area (Å²) in [7, 11) is 2.09. The summed E-state index contributed by atoms with van der Waals surface area (Å²) < 4.78 is 0. The molecule has 5 heteroatoms. The van der Waals surface area contributed by atoms with Crippen molar-refractivity contribution in [1.82, 2.24) is 9.80 Å². The molecule has 0 bridgehead atoms. The summed E-state index contributed by atoms with van der Waals surface area (Å²) in [6, 6.07) is 8.11. The summed E-state index contributed by atoms with van der Waals surface area (Å²) in [4.78, 5) is 16.5. The van der Waals surface area contributed by atoms with Crippen molar-refractivity contribution in [3.05, 3.63) is 29.8 Å². The summed E-state index contributed by atoms with van der Waals surface area (Å²) in [5, 5.41) is 2.94. The Morgan fingerprint density at radius 3 is 2.70 bits per heavy atom. The number of hydrogen-bond donors (Lipinski definition) is 2. The minimum Gasteiger partial charge on any atom is -0.329 e. The maximum atomic E-state index is 12.1. The van der Waals surface area contributed by atoms with E-state index < -0.39 is 0 Å². The number of benzene rings is 1. The van der Waals surface area contributed by atoms with Crippen LogP contribution < -0.4 is 11.1 Å². The summed E-state index contributed by atoms with van der Waals surface area (Å²) in [5.41, 5.74) is 7.83. The van der Waals surface area contributed by atoms with Crippen LogP contribution in [0.3, 0.4) is 0 Å². The number of amides is 1. The van der Waals surface area contributed by atoms with E-state index >= 15 is 0 Å². The second-order valence-electron chi connectivity index (χ2n) is 5.54. The first-order chi connectivity index (χ1) is 9.58. The van der Waals surface area contributed by atoms with Gasteiger partial charge in [-0.1, -0.05) is 17.7 Å². The Labute approximate surface area is 120 Å². The van der Waals surface area contributed by atoms with Crippen molar-refractivity contribution in [2.45, 2.75) is 13.0 Å². The van der Waals surface area contributed by atoms with Crippen LogP contribution in [0, 0.1) is 6.92 Å². The van der Waals surface area contributed by atoms with Crippen LogP contribution in [0.5, 0.6) is 0 Å². The first kappa shape index (κ1) is 15.0. The lowest BCUT2D eigenvalue weighted by molar-refractivity contribution is -0.118. The Bertz CT molecular complexity index is 446. The van der Waals surface area contributed by atoms with Crippen molar-refractivity contribution in [2.24, 2.45) is 5.73 Å². The molecule has 5 nitrogen and oxygen atoms in total. The van der Waals surface area contributed by atoms with Crippen LogP contribution in [0.4, 0.5) is 5.69 Å². The van der Waals surface area contributed by atoms with Gasteiger partial charge < -0.3 is 16.0 Å². The number of carbonyl (C=O) groups excluding carboxylic acids is 1. The maximum Gasteiger partial charge on any atom is 0.238 e. The number of rotatable bonds is 4. The average molecular weight is 276 g/mol.